The number of hydrogen-bond donors (Lipinski definition) is 0. The van der Waals surface area contributed by atoms with E-state index >= 15 is 0 Å². The van der Waals surface area contributed by atoms with E-state index in [0.717, 1.165) is 32.7 Å². The number of rotatable bonds is 3. The zero-order valence-electron chi connectivity index (χ0n) is 9.60. The zero-order chi connectivity index (χ0) is 13.2. The van der Waals surface area contributed by atoms with Gasteiger partial charge in [0, 0.05) is 26.1 Å². The first kappa shape index (κ1) is 14.6. The standard InChI is InChI=1S/C14H12Br2Cl2/c15-8-10-3-1-5-12(18)13(10)14(9-16)6-2-4-11(17)7-14/h1-6H,7-9H2. The molecule has 0 heterocycles. The van der Waals surface area contributed by atoms with Crippen molar-refractivity contribution < 1.29 is 0 Å². The van der Waals surface area contributed by atoms with E-state index < -0.39 is 0 Å². The molecular formula is C14H12Br2Cl2. The third-order valence-corrected chi connectivity index (χ3v) is 5.34. The van der Waals surface area contributed by atoms with Crippen molar-refractivity contribution in [2.75, 3.05) is 5.33 Å². The fraction of sp³-hybridized carbons (Fsp3) is 0.286. The van der Waals surface area contributed by atoms with Crippen LogP contribution in [0, 0.1) is 0 Å². The summed E-state index contributed by atoms with van der Waals surface area (Å²) in [4.78, 5) is 0. The highest BCUT2D eigenvalue weighted by molar-refractivity contribution is 9.09. The lowest BCUT2D eigenvalue weighted by molar-refractivity contribution is 0.605. The number of halogens is 4. The normalized spacial score (nSPS) is 23.0. The molecule has 0 aliphatic heterocycles. The lowest BCUT2D eigenvalue weighted by Crippen LogP contribution is -2.29. The molecule has 0 amide bonds. The number of hydrogen-bond acceptors (Lipinski definition) is 0. The Hall–Kier alpha value is 0.240. The fourth-order valence-electron chi connectivity index (χ4n) is 2.32. The molecule has 2 rings (SSSR count). The number of alkyl halides is 2. The molecular weight excluding hydrogens is 399 g/mol. The first-order chi connectivity index (χ1) is 8.63. The highest BCUT2D eigenvalue weighted by Gasteiger charge is 2.34. The summed E-state index contributed by atoms with van der Waals surface area (Å²) in [5, 5.41) is 3.23. The van der Waals surface area contributed by atoms with Gasteiger partial charge < -0.3 is 0 Å². The zero-order valence-corrected chi connectivity index (χ0v) is 14.3. The van der Waals surface area contributed by atoms with Crippen molar-refractivity contribution in [1.82, 2.24) is 0 Å². The Kier molecular flexibility index (Phi) is 4.99. The summed E-state index contributed by atoms with van der Waals surface area (Å²) in [5.41, 5.74) is 2.20. The molecule has 0 fully saturated rings. The van der Waals surface area contributed by atoms with Gasteiger partial charge in [0.1, 0.15) is 0 Å². The van der Waals surface area contributed by atoms with Crippen LogP contribution in [0.25, 0.3) is 0 Å². The second kappa shape index (κ2) is 6.13. The summed E-state index contributed by atoms with van der Waals surface area (Å²) in [6.45, 7) is 0. The third-order valence-electron chi connectivity index (χ3n) is 3.16. The molecule has 1 aromatic carbocycles. The van der Waals surface area contributed by atoms with E-state index in [-0.39, 0.29) is 5.41 Å². The molecule has 0 radical (unpaired) electrons. The molecule has 0 saturated carbocycles. The molecule has 0 bridgehead atoms. The van der Waals surface area contributed by atoms with E-state index in [1.165, 1.54) is 5.56 Å². The average Bonchev–Trinajstić information content (AvgIpc) is 2.38. The van der Waals surface area contributed by atoms with E-state index in [1.807, 2.05) is 24.3 Å². The second-order valence-electron chi connectivity index (χ2n) is 4.35. The van der Waals surface area contributed by atoms with Crippen LogP contribution in [-0.2, 0) is 10.7 Å². The SMILES string of the molecule is ClC1=CC=CC(CBr)(c2c(Cl)cccc2CBr)C1. The minimum Gasteiger partial charge on any atom is -0.0915 e. The van der Waals surface area contributed by atoms with Gasteiger partial charge in [-0.2, -0.15) is 0 Å². The molecule has 0 aromatic heterocycles. The van der Waals surface area contributed by atoms with Crippen LogP contribution in [0.4, 0.5) is 0 Å². The maximum Gasteiger partial charge on any atom is 0.0450 e. The minimum atomic E-state index is -0.159. The van der Waals surface area contributed by atoms with Crippen LogP contribution < -0.4 is 0 Å². The van der Waals surface area contributed by atoms with Gasteiger partial charge in [-0.25, -0.2) is 0 Å². The van der Waals surface area contributed by atoms with Crippen LogP contribution in [0.15, 0.2) is 41.5 Å². The van der Waals surface area contributed by atoms with Crippen molar-refractivity contribution >= 4 is 55.1 Å². The molecule has 0 N–H and O–H groups in total. The monoisotopic (exact) mass is 408 g/mol. The van der Waals surface area contributed by atoms with Crippen molar-refractivity contribution in [3.8, 4) is 0 Å². The Bertz CT molecular complexity index is 509. The van der Waals surface area contributed by atoms with Crippen molar-refractivity contribution in [2.24, 2.45) is 0 Å². The average molecular weight is 411 g/mol. The molecule has 1 unspecified atom stereocenters. The highest BCUT2D eigenvalue weighted by atomic mass is 79.9. The first-order valence-electron chi connectivity index (χ1n) is 5.56. The van der Waals surface area contributed by atoms with Gasteiger partial charge in [0.05, 0.1) is 0 Å². The van der Waals surface area contributed by atoms with Crippen LogP contribution in [0.2, 0.25) is 5.02 Å². The molecule has 1 atom stereocenters. The van der Waals surface area contributed by atoms with Gasteiger partial charge in [-0.3, -0.25) is 0 Å². The molecule has 1 aliphatic carbocycles. The highest BCUT2D eigenvalue weighted by Crippen LogP contribution is 2.43. The van der Waals surface area contributed by atoms with Gasteiger partial charge in [-0.05, 0) is 29.7 Å². The predicted octanol–water partition coefficient (Wildman–Crippen LogP) is 5.95. The topological polar surface area (TPSA) is 0 Å². The molecule has 0 spiro atoms. The molecule has 4 heteroatoms. The Morgan fingerprint density at radius 2 is 2.00 bits per heavy atom. The fourth-order valence-corrected chi connectivity index (χ4v) is 4.15. The second-order valence-corrected chi connectivity index (χ2v) is 6.36. The van der Waals surface area contributed by atoms with Crippen LogP contribution in [0.3, 0.4) is 0 Å². The van der Waals surface area contributed by atoms with Crippen molar-refractivity contribution in [1.29, 1.82) is 0 Å². The quantitative estimate of drug-likeness (QED) is 0.540. The summed E-state index contributed by atoms with van der Waals surface area (Å²) in [6.07, 6.45) is 6.91. The molecule has 96 valence electrons. The van der Waals surface area contributed by atoms with Crippen LogP contribution >= 0.6 is 55.1 Å². The predicted molar refractivity (Wildman–Crippen MR) is 87.2 cm³/mol. The minimum absolute atomic E-state index is 0.159. The van der Waals surface area contributed by atoms with Crippen LogP contribution in [-0.4, -0.2) is 5.33 Å². The molecule has 1 aromatic rings. The van der Waals surface area contributed by atoms with Gasteiger partial charge in [-0.15, -0.1) is 0 Å². The Morgan fingerprint density at radius 3 is 2.61 bits per heavy atom. The van der Waals surface area contributed by atoms with E-state index in [9.17, 15) is 0 Å². The summed E-state index contributed by atoms with van der Waals surface area (Å²) >= 11 is 19.8. The summed E-state index contributed by atoms with van der Waals surface area (Å²) in [5.74, 6) is 0. The van der Waals surface area contributed by atoms with Gasteiger partial charge in [0.2, 0.25) is 0 Å². The first-order valence-corrected chi connectivity index (χ1v) is 8.56. The summed E-state index contributed by atoms with van der Waals surface area (Å²) < 4.78 is 0. The Balaban J connectivity index is 2.59. The third kappa shape index (κ3) is 2.72. The number of allylic oxidation sites excluding steroid dienone is 4. The van der Waals surface area contributed by atoms with E-state index in [2.05, 4.69) is 44.0 Å². The van der Waals surface area contributed by atoms with Crippen LogP contribution in [0.1, 0.15) is 17.5 Å². The van der Waals surface area contributed by atoms with Gasteiger partial charge in [-0.1, -0.05) is 79.3 Å². The molecule has 0 nitrogen and oxygen atoms in total. The smallest absolute Gasteiger partial charge is 0.0450 e. The Labute approximate surface area is 134 Å². The van der Waals surface area contributed by atoms with Crippen molar-refractivity contribution in [2.45, 2.75) is 17.2 Å². The maximum absolute atomic E-state index is 6.42. The lowest BCUT2D eigenvalue weighted by atomic mass is 9.75. The molecule has 0 saturated heterocycles. The summed E-state index contributed by atoms with van der Waals surface area (Å²) in [6, 6.07) is 6.02. The number of benzene rings is 1. The molecule has 18 heavy (non-hydrogen) atoms. The summed E-state index contributed by atoms with van der Waals surface area (Å²) in [7, 11) is 0. The maximum atomic E-state index is 6.42. The molecule has 1 aliphatic rings. The van der Waals surface area contributed by atoms with E-state index in [1.54, 1.807) is 0 Å². The van der Waals surface area contributed by atoms with Gasteiger partial charge >= 0.3 is 0 Å². The van der Waals surface area contributed by atoms with Crippen LogP contribution in [0.5, 0.6) is 0 Å². The largest absolute Gasteiger partial charge is 0.0915 e. The van der Waals surface area contributed by atoms with Crippen molar-refractivity contribution in [3.63, 3.8) is 0 Å². The lowest BCUT2D eigenvalue weighted by Gasteiger charge is -2.33. The van der Waals surface area contributed by atoms with Gasteiger partial charge in [0.15, 0.2) is 0 Å². The van der Waals surface area contributed by atoms with Gasteiger partial charge in [0.25, 0.3) is 0 Å². The Morgan fingerprint density at radius 1 is 1.22 bits per heavy atom. The van der Waals surface area contributed by atoms with Crippen molar-refractivity contribution in [3.05, 3.63) is 57.6 Å². The van der Waals surface area contributed by atoms with E-state index in [4.69, 9.17) is 23.2 Å². The van der Waals surface area contributed by atoms with E-state index in [0.29, 0.717) is 0 Å².